The molecule has 0 unspecified atom stereocenters. The van der Waals surface area contributed by atoms with Crippen molar-refractivity contribution in [2.75, 3.05) is 0 Å². The summed E-state index contributed by atoms with van der Waals surface area (Å²) in [6.07, 6.45) is 2.09. The van der Waals surface area contributed by atoms with Gasteiger partial charge in [0.25, 0.3) is 5.91 Å². The Hall–Kier alpha value is -2.37. The lowest BCUT2D eigenvalue weighted by Gasteiger charge is -2.25. The SMILES string of the molecule is CCc1nc2n(n1)CCC[C@@H]2NC(=O)[C@H](C)Oc1cccc(C(C)C)c1. The van der Waals surface area contributed by atoms with E-state index in [1.54, 1.807) is 6.92 Å². The van der Waals surface area contributed by atoms with Gasteiger partial charge < -0.3 is 10.1 Å². The minimum Gasteiger partial charge on any atom is -0.481 e. The molecule has 0 bridgehead atoms. The Bertz CT molecular complexity index is 769. The average Bonchev–Trinajstić information content (AvgIpc) is 3.06. The molecule has 1 N–H and O–H groups in total. The number of aromatic nitrogens is 3. The van der Waals surface area contributed by atoms with Gasteiger partial charge in [-0.3, -0.25) is 4.79 Å². The summed E-state index contributed by atoms with van der Waals surface area (Å²) >= 11 is 0. The minimum absolute atomic E-state index is 0.0999. The molecule has 2 aromatic rings. The maximum Gasteiger partial charge on any atom is 0.261 e. The summed E-state index contributed by atoms with van der Waals surface area (Å²) in [5.41, 5.74) is 1.20. The number of fused-ring (bicyclic) bond motifs is 1. The molecule has 2 atom stereocenters. The van der Waals surface area contributed by atoms with Crippen molar-refractivity contribution in [2.24, 2.45) is 0 Å². The number of carbonyl (C=O) groups is 1. The van der Waals surface area contributed by atoms with E-state index in [-0.39, 0.29) is 11.9 Å². The number of nitrogens with one attached hydrogen (secondary N) is 1. The number of benzene rings is 1. The molecule has 0 saturated heterocycles. The van der Waals surface area contributed by atoms with Gasteiger partial charge in [0, 0.05) is 13.0 Å². The number of hydrogen-bond acceptors (Lipinski definition) is 4. The van der Waals surface area contributed by atoms with E-state index in [0.29, 0.717) is 5.92 Å². The predicted octanol–water partition coefficient (Wildman–Crippen LogP) is 3.38. The molecule has 2 heterocycles. The Morgan fingerprint density at radius 3 is 2.92 bits per heavy atom. The van der Waals surface area contributed by atoms with E-state index >= 15 is 0 Å². The van der Waals surface area contributed by atoms with Crippen LogP contribution in [0, 0.1) is 0 Å². The number of hydrogen-bond donors (Lipinski definition) is 1. The summed E-state index contributed by atoms with van der Waals surface area (Å²) in [5, 5.41) is 7.57. The normalized spacial score (nSPS) is 17.7. The summed E-state index contributed by atoms with van der Waals surface area (Å²) in [5.74, 6) is 2.70. The summed E-state index contributed by atoms with van der Waals surface area (Å²) < 4.78 is 7.79. The van der Waals surface area contributed by atoms with E-state index in [0.717, 1.165) is 43.2 Å². The molecule has 26 heavy (non-hydrogen) atoms. The predicted molar refractivity (Wildman–Crippen MR) is 100 cm³/mol. The third-order valence-corrected chi connectivity index (χ3v) is 4.76. The van der Waals surface area contributed by atoms with Crippen molar-refractivity contribution in [3.05, 3.63) is 41.5 Å². The van der Waals surface area contributed by atoms with Gasteiger partial charge in [0.15, 0.2) is 11.9 Å². The highest BCUT2D eigenvalue weighted by atomic mass is 16.5. The first kappa shape index (κ1) is 18.4. The van der Waals surface area contributed by atoms with Crippen LogP contribution in [0.5, 0.6) is 5.75 Å². The Morgan fingerprint density at radius 2 is 2.19 bits per heavy atom. The largest absolute Gasteiger partial charge is 0.481 e. The molecule has 0 fully saturated rings. The van der Waals surface area contributed by atoms with Crippen LogP contribution in [0.1, 0.15) is 69.7 Å². The second-order valence-corrected chi connectivity index (χ2v) is 7.15. The molecule has 6 heteroatoms. The van der Waals surface area contributed by atoms with E-state index in [4.69, 9.17) is 4.74 Å². The number of nitrogens with zero attached hydrogens (tertiary/aromatic N) is 3. The van der Waals surface area contributed by atoms with E-state index in [2.05, 4.69) is 35.3 Å². The fraction of sp³-hybridized carbons (Fsp3) is 0.550. The molecule has 1 aliphatic heterocycles. The fourth-order valence-corrected chi connectivity index (χ4v) is 3.18. The lowest BCUT2D eigenvalue weighted by Crippen LogP contribution is -2.40. The zero-order valence-electron chi connectivity index (χ0n) is 16.0. The van der Waals surface area contributed by atoms with Crippen LogP contribution in [0.3, 0.4) is 0 Å². The van der Waals surface area contributed by atoms with Crippen molar-refractivity contribution < 1.29 is 9.53 Å². The highest BCUT2D eigenvalue weighted by molar-refractivity contribution is 5.81. The van der Waals surface area contributed by atoms with Gasteiger partial charge in [-0.2, -0.15) is 5.10 Å². The van der Waals surface area contributed by atoms with Gasteiger partial charge in [-0.15, -0.1) is 0 Å². The molecular formula is C20H28N4O2. The zero-order chi connectivity index (χ0) is 18.7. The first-order valence-corrected chi connectivity index (χ1v) is 9.48. The Kier molecular flexibility index (Phi) is 5.59. The smallest absolute Gasteiger partial charge is 0.261 e. The maximum atomic E-state index is 12.6. The second kappa shape index (κ2) is 7.89. The molecule has 0 aliphatic carbocycles. The highest BCUT2D eigenvalue weighted by Gasteiger charge is 2.27. The van der Waals surface area contributed by atoms with Crippen LogP contribution in [0.25, 0.3) is 0 Å². The third-order valence-electron chi connectivity index (χ3n) is 4.76. The van der Waals surface area contributed by atoms with Crippen LogP contribution in [0.4, 0.5) is 0 Å². The van der Waals surface area contributed by atoms with Gasteiger partial charge in [-0.1, -0.05) is 32.9 Å². The van der Waals surface area contributed by atoms with Crippen LogP contribution in [-0.4, -0.2) is 26.8 Å². The minimum atomic E-state index is -0.568. The number of rotatable bonds is 6. The Labute approximate surface area is 155 Å². The van der Waals surface area contributed by atoms with Crippen LogP contribution >= 0.6 is 0 Å². The van der Waals surface area contributed by atoms with Crippen molar-refractivity contribution >= 4 is 5.91 Å². The molecule has 140 valence electrons. The first-order valence-electron chi connectivity index (χ1n) is 9.48. The van der Waals surface area contributed by atoms with Gasteiger partial charge in [-0.05, 0) is 43.4 Å². The molecule has 0 radical (unpaired) electrons. The van der Waals surface area contributed by atoms with Crippen molar-refractivity contribution in [1.29, 1.82) is 0 Å². The first-order chi connectivity index (χ1) is 12.5. The van der Waals surface area contributed by atoms with E-state index in [9.17, 15) is 4.79 Å². The summed E-state index contributed by atoms with van der Waals surface area (Å²) in [6.45, 7) is 8.96. The quantitative estimate of drug-likeness (QED) is 0.861. The number of carbonyl (C=O) groups excluding carboxylic acids is 1. The molecular weight excluding hydrogens is 328 g/mol. The van der Waals surface area contributed by atoms with Crippen molar-refractivity contribution in [1.82, 2.24) is 20.1 Å². The van der Waals surface area contributed by atoms with E-state index < -0.39 is 6.10 Å². The highest BCUT2D eigenvalue weighted by Crippen LogP contribution is 2.24. The van der Waals surface area contributed by atoms with Gasteiger partial charge in [0.2, 0.25) is 0 Å². The van der Waals surface area contributed by atoms with Gasteiger partial charge in [-0.25, -0.2) is 9.67 Å². The lowest BCUT2D eigenvalue weighted by molar-refractivity contribution is -0.128. The lowest BCUT2D eigenvalue weighted by atomic mass is 10.0. The standard InChI is InChI=1S/C20H28N4O2/c1-5-18-22-19-17(10-7-11-24(19)23-18)21-20(25)14(4)26-16-9-6-8-15(12-16)13(2)3/h6,8-9,12-14,17H,5,7,10-11H2,1-4H3,(H,21,25)/t14-,17-/m0/s1. The number of amides is 1. The van der Waals surface area contributed by atoms with Gasteiger partial charge in [0.1, 0.15) is 11.6 Å². The molecule has 1 aliphatic rings. The van der Waals surface area contributed by atoms with Crippen molar-refractivity contribution in [2.45, 2.75) is 71.6 Å². The summed E-state index contributed by atoms with van der Waals surface area (Å²) in [6, 6.07) is 7.82. The maximum absolute atomic E-state index is 12.6. The zero-order valence-corrected chi connectivity index (χ0v) is 16.0. The van der Waals surface area contributed by atoms with Crippen LogP contribution in [0.2, 0.25) is 0 Å². The van der Waals surface area contributed by atoms with Gasteiger partial charge >= 0.3 is 0 Å². The molecule has 0 spiro atoms. The topological polar surface area (TPSA) is 69.0 Å². The number of aryl methyl sites for hydroxylation is 2. The Morgan fingerprint density at radius 1 is 1.38 bits per heavy atom. The molecule has 0 saturated carbocycles. The summed E-state index contributed by atoms with van der Waals surface area (Å²) in [7, 11) is 0. The second-order valence-electron chi connectivity index (χ2n) is 7.15. The van der Waals surface area contributed by atoms with E-state index in [1.165, 1.54) is 5.56 Å². The summed E-state index contributed by atoms with van der Waals surface area (Å²) in [4.78, 5) is 17.2. The van der Waals surface area contributed by atoms with Crippen LogP contribution in [0.15, 0.2) is 24.3 Å². The van der Waals surface area contributed by atoms with Gasteiger partial charge in [0.05, 0.1) is 6.04 Å². The molecule has 1 aromatic heterocycles. The monoisotopic (exact) mass is 356 g/mol. The van der Waals surface area contributed by atoms with Crippen molar-refractivity contribution in [3.8, 4) is 5.75 Å². The van der Waals surface area contributed by atoms with Crippen LogP contribution < -0.4 is 10.1 Å². The molecule has 1 aromatic carbocycles. The fourth-order valence-electron chi connectivity index (χ4n) is 3.18. The van der Waals surface area contributed by atoms with E-state index in [1.807, 2.05) is 29.8 Å². The Balaban J connectivity index is 1.65. The van der Waals surface area contributed by atoms with Crippen LogP contribution in [-0.2, 0) is 17.8 Å². The molecule has 6 nitrogen and oxygen atoms in total. The van der Waals surface area contributed by atoms with Crippen molar-refractivity contribution in [3.63, 3.8) is 0 Å². The number of ether oxygens (including phenoxy) is 1. The third kappa shape index (κ3) is 4.06. The molecule has 1 amide bonds. The molecule has 3 rings (SSSR count). The average molecular weight is 356 g/mol.